The number of thioether (sulfide) groups is 2. The molecule has 0 aliphatic carbocycles. The second-order valence-corrected chi connectivity index (χ2v) is 11.7. The zero-order chi connectivity index (χ0) is 22.5. The van der Waals surface area contributed by atoms with Crippen molar-refractivity contribution in [3.63, 3.8) is 0 Å². The predicted octanol–water partition coefficient (Wildman–Crippen LogP) is 3.54. The van der Waals surface area contributed by atoms with Crippen LogP contribution in [0.4, 0.5) is 0 Å². The van der Waals surface area contributed by atoms with Crippen molar-refractivity contribution in [1.29, 1.82) is 0 Å². The number of hydrogen-bond acceptors (Lipinski definition) is 7. The van der Waals surface area contributed by atoms with Gasteiger partial charge in [0.15, 0.2) is 0 Å². The highest BCUT2D eigenvalue weighted by Gasteiger charge is 2.20. The molecule has 0 bridgehead atoms. The first-order valence-corrected chi connectivity index (χ1v) is 13.6. The van der Waals surface area contributed by atoms with Gasteiger partial charge >= 0.3 is 0 Å². The lowest BCUT2D eigenvalue weighted by Crippen LogP contribution is -2.45. The Bertz CT molecular complexity index is 741. The number of aromatic hydroxyl groups is 1. The van der Waals surface area contributed by atoms with Crippen molar-refractivity contribution in [2.45, 2.75) is 25.4 Å². The van der Waals surface area contributed by atoms with Crippen LogP contribution in [0.1, 0.15) is 22.3 Å². The van der Waals surface area contributed by atoms with Crippen molar-refractivity contribution in [1.82, 2.24) is 19.6 Å². The van der Waals surface area contributed by atoms with Gasteiger partial charge in [-0.15, -0.1) is 0 Å². The zero-order valence-corrected chi connectivity index (χ0v) is 22.3. The molecule has 0 saturated carbocycles. The fraction of sp³-hybridized carbons (Fsp3) is 0.636. The van der Waals surface area contributed by atoms with Crippen LogP contribution in [-0.2, 0) is 11.5 Å². The minimum absolute atomic E-state index is 0.404. The number of piperazine rings is 2. The molecule has 2 aliphatic heterocycles. The third-order valence-corrected chi connectivity index (χ3v) is 9.42. The molecule has 2 aliphatic rings. The van der Waals surface area contributed by atoms with Gasteiger partial charge in [0, 0.05) is 69.4 Å². The van der Waals surface area contributed by atoms with Gasteiger partial charge < -0.3 is 24.7 Å². The lowest BCUT2D eigenvalue weighted by molar-refractivity contribution is 0.220. The first-order valence-electron chi connectivity index (χ1n) is 10.8. The van der Waals surface area contributed by atoms with E-state index in [0.29, 0.717) is 11.5 Å². The molecule has 0 unspecified atom stereocenters. The van der Waals surface area contributed by atoms with Crippen LogP contribution in [0, 0.1) is 13.8 Å². The molecule has 2 heterocycles. The molecule has 0 aromatic heterocycles. The summed E-state index contributed by atoms with van der Waals surface area (Å²) in [6.07, 6.45) is 0. The zero-order valence-electron chi connectivity index (χ0n) is 19.0. The summed E-state index contributed by atoms with van der Waals surface area (Å²) in [5, 5.41) is 10.7. The van der Waals surface area contributed by atoms with Crippen molar-refractivity contribution in [2.24, 2.45) is 0 Å². The topological polar surface area (TPSA) is 33.2 Å². The van der Waals surface area contributed by atoms with Gasteiger partial charge in [-0.1, -0.05) is 54.0 Å². The smallest absolute Gasteiger partial charge is 0.136 e. The number of phenols is 1. The Hall–Kier alpha value is -0.580. The molecular weight excluding hydrogens is 465 g/mol. The van der Waals surface area contributed by atoms with Gasteiger partial charge in [-0.25, -0.2) is 0 Å². The van der Waals surface area contributed by atoms with E-state index in [1.165, 1.54) is 5.56 Å². The molecule has 0 amide bonds. The molecule has 2 saturated heterocycles. The Morgan fingerprint density at radius 1 is 0.774 bits per heavy atom. The van der Waals surface area contributed by atoms with Gasteiger partial charge in [0.05, 0.1) is 0 Å². The van der Waals surface area contributed by atoms with Crippen molar-refractivity contribution >= 4 is 56.6 Å². The standard InChI is InChI=1S/C22H34N4OS4/c1-16-17(2)20(27)19(15-31-22(29)26-11-7-24(4)8-12-26)13-18(16)14-30-21(28)25-9-5-23(3)6-10-25/h13,27H,5-12,14-15H2,1-4H3. The number of rotatable bonds is 4. The van der Waals surface area contributed by atoms with Gasteiger partial charge in [0.1, 0.15) is 14.4 Å². The average molecular weight is 499 g/mol. The highest BCUT2D eigenvalue weighted by molar-refractivity contribution is 8.22. The van der Waals surface area contributed by atoms with E-state index in [-0.39, 0.29) is 0 Å². The fourth-order valence-corrected chi connectivity index (χ4v) is 6.27. The molecule has 1 aromatic carbocycles. The quantitative estimate of drug-likeness (QED) is 0.627. The van der Waals surface area contributed by atoms with Gasteiger partial charge in [-0.2, -0.15) is 0 Å². The van der Waals surface area contributed by atoms with Crippen molar-refractivity contribution in [2.75, 3.05) is 66.5 Å². The molecule has 2 fully saturated rings. The summed E-state index contributed by atoms with van der Waals surface area (Å²) in [5.41, 5.74) is 4.33. The summed E-state index contributed by atoms with van der Waals surface area (Å²) in [7, 11) is 4.31. The van der Waals surface area contributed by atoms with Crippen LogP contribution in [-0.4, -0.2) is 99.8 Å². The van der Waals surface area contributed by atoms with E-state index in [9.17, 15) is 5.11 Å². The Morgan fingerprint density at radius 3 is 1.65 bits per heavy atom. The van der Waals surface area contributed by atoms with Crippen molar-refractivity contribution in [3.05, 3.63) is 28.3 Å². The van der Waals surface area contributed by atoms with E-state index in [1.807, 2.05) is 6.92 Å². The molecule has 3 rings (SSSR count). The number of hydrogen-bond donors (Lipinski definition) is 1. The Labute approximate surface area is 206 Å². The second kappa shape index (κ2) is 11.5. The molecule has 172 valence electrons. The minimum Gasteiger partial charge on any atom is -0.507 e. The molecular formula is C22H34N4OS4. The Morgan fingerprint density at radius 2 is 1.19 bits per heavy atom. The summed E-state index contributed by atoms with van der Waals surface area (Å²) >= 11 is 14.8. The lowest BCUT2D eigenvalue weighted by Gasteiger charge is -2.34. The number of likely N-dealkylation sites (N-methyl/N-ethyl adjacent to an activating group) is 2. The molecule has 0 radical (unpaired) electrons. The molecule has 0 atom stereocenters. The SMILES string of the molecule is Cc1c(CSC(=S)N2CCN(C)CC2)cc(CSC(=S)N2CCN(C)CC2)c(O)c1C. The average Bonchev–Trinajstić information content (AvgIpc) is 2.77. The predicted molar refractivity (Wildman–Crippen MR) is 144 cm³/mol. The summed E-state index contributed by atoms with van der Waals surface area (Å²) in [6.45, 7) is 12.3. The maximum absolute atomic E-state index is 10.7. The molecule has 31 heavy (non-hydrogen) atoms. The number of thiocarbonyl (C=S) groups is 2. The van der Waals surface area contributed by atoms with Gasteiger partial charge in [0.2, 0.25) is 0 Å². The monoisotopic (exact) mass is 498 g/mol. The fourth-order valence-electron chi connectivity index (χ4n) is 3.75. The third kappa shape index (κ3) is 6.71. The largest absolute Gasteiger partial charge is 0.507 e. The molecule has 0 spiro atoms. The van der Waals surface area contributed by atoms with Crippen LogP contribution < -0.4 is 0 Å². The normalized spacial score (nSPS) is 18.5. The summed E-state index contributed by atoms with van der Waals surface area (Å²) in [4.78, 5) is 9.26. The van der Waals surface area contributed by atoms with E-state index in [0.717, 1.165) is 83.4 Å². The van der Waals surface area contributed by atoms with Crippen molar-refractivity contribution in [3.8, 4) is 5.75 Å². The molecule has 5 nitrogen and oxygen atoms in total. The van der Waals surface area contributed by atoms with Crippen LogP contribution in [0.3, 0.4) is 0 Å². The van der Waals surface area contributed by atoms with Gasteiger partial charge in [0.25, 0.3) is 0 Å². The summed E-state index contributed by atoms with van der Waals surface area (Å²) in [5.74, 6) is 1.93. The van der Waals surface area contributed by atoms with Crippen LogP contribution >= 0.6 is 48.0 Å². The van der Waals surface area contributed by atoms with E-state index in [4.69, 9.17) is 24.4 Å². The van der Waals surface area contributed by atoms with Crippen LogP contribution in [0.15, 0.2) is 6.07 Å². The highest BCUT2D eigenvalue weighted by Crippen LogP contribution is 2.33. The number of benzene rings is 1. The maximum Gasteiger partial charge on any atom is 0.136 e. The Balaban J connectivity index is 1.60. The summed E-state index contributed by atoms with van der Waals surface area (Å²) < 4.78 is 1.91. The number of nitrogens with zero attached hydrogens (tertiary/aromatic N) is 4. The van der Waals surface area contributed by atoms with Crippen LogP contribution in [0.2, 0.25) is 0 Å². The first kappa shape index (κ1) is 25.1. The van der Waals surface area contributed by atoms with Gasteiger partial charge in [-0.05, 0) is 44.6 Å². The second-order valence-electron chi connectivity index (χ2n) is 8.48. The first-order chi connectivity index (χ1) is 14.8. The molecule has 1 aromatic rings. The van der Waals surface area contributed by atoms with E-state index in [1.54, 1.807) is 23.5 Å². The lowest BCUT2D eigenvalue weighted by atomic mass is 10.00. The Kier molecular flexibility index (Phi) is 9.31. The molecule has 1 N–H and O–H groups in total. The van der Waals surface area contributed by atoms with Crippen LogP contribution in [0.5, 0.6) is 5.75 Å². The van der Waals surface area contributed by atoms with Crippen molar-refractivity contribution < 1.29 is 5.11 Å². The number of phenolic OH excluding ortho intramolecular Hbond substituents is 1. The van der Waals surface area contributed by atoms with E-state index < -0.39 is 0 Å². The summed E-state index contributed by atoms with van der Waals surface area (Å²) in [6, 6.07) is 2.15. The highest BCUT2D eigenvalue weighted by atomic mass is 32.2. The van der Waals surface area contributed by atoms with Crippen LogP contribution in [0.25, 0.3) is 0 Å². The minimum atomic E-state index is 0.404. The molecule has 9 heteroatoms. The van der Waals surface area contributed by atoms with E-state index >= 15 is 0 Å². The van der Waals surface area contributed by atoms with E-state index in [2.05, 4.69) is 46.7 Å². The van der Waals surface area contributed by atoms with Gasteiger partial charge in [-0.3, -0.25) is 0 Å². The maximum atomic E-state index is 10.7. The third-order valence-electron chi connectivity index (χ3n) is 6.28.